The maximum Gasteiger partial charge on any atom is 0.233 e. The number of hydrogen-bond acceptors (Lipinski definition) is 6. The summed E-state index contributed by atoms with van der Waals surface area (Å²) in [4.78, 5) is 14.7. The van der Waals surface area contributed by atoms with Gasteiger partial charge in [-0.25, -0.2) is 8.42 Å². The highest BCUT2D eigenvalue weighted by molar-refractivity contribution is 7.99. The Labute approximate surface area is 153 Å². The van der Waals surface area contributed by atoms with Crippen LogP contribution in [-0.2, 0) is 14.6 Å². The summed E-state index contributed by atoms with van der Waals surface area (Å²) in [6, 6.07) is 0.309. The van der Waals surface area contributed by atoms with E-state index in [-0.39, 0.29) is 35.2 Å². The zero-order chi connectivity index (χ0) is 18.2. The van der Waals surface area contributed by atoms with Crippen LogP contribution in [0.3, 0.4) is 0 Å². The third-order valence-electron chi connectivity index (χ3n) is 5.03. The minimum Gasteiger partial charge on any atom is -0.335 e. The van der Waals surface area contributed by atoms with Crippen LogP contribution < -0.4 is 0 Å². The smallest absolute Gasteiger partial charge is 0.233 e. The zero-order valence-electron chi connectivity index (χ0n) is 15.0. The molecule has 25 heavy (non-hydrogen) atoms. The van der Waals surface area contributed by atoms with Crippen molar-refractivity contribution in [2.24, 2.45) is 0 Å². The summed E-state index contributed by atoms with van der Waals surface area (Å²) in [7, 11) is -3.02. The maximum atomic E-state index is 12.9. The summed E-state index contributed by atoms with van der Waals surface area (Å²) in [6.45, 7) is 5.95. The van der Waals surface area contributed by atoms with Crippen molar-refractivity contribution < 1.29 is 13.2 Å². The first-order valence-electron chi connectivity index (χ1n) is 8.88. The number of amides is 1. The molecular formula is C16H26N4O3S2. The van der Waals surface area contributed by atoms with E-state index in [1.54, 1.807) is 4.90 Å². The van der Waals surface area contributed by atoms with Crippen LogP contribution in [0.15, 0.2) is 5.16 Å². The molecule has 1 saturated heterocycles. The molecule has 140 valence electrons. The van der Waals surface area contributed by atoms with E-state index in [0.717, 1.165) is 30.2 Å². The summed E-state index contributed by atoms with van der Waals surface area (Å²) >= 11 is 1.41. The molecule has 9 heteroatoms. The molecule has 0 N–H and O–H groups in total. The molecule has 2 heterocycles. The molecule has 1 amide bonds. The molecule has 0 unspecified atom stereocenters. The van der Waals surface area contributed by atoms with Crippen LogP contribution in [0.1, 0.15) is 51.4 Å². The van der Waals surface area contributed by atoms with Crippen molar-refractivity contribution >= 4 is 27.5 Å². The molecule has 1 aliphatic heterocycles. The molecular weight excluding hydrogens is 360 g/mol. The van der Waals surface area contributed by atoms with Gasteiger partial charge in [0.05, 0.1) is 17.3 Å². The van der Waals surface area contributed by atoms with E-state index < -0.39 is 9.84 Å². The summed E-state index contributed by atoms with van der Waals surface area (Å²) in [5.41, 5.74) is 0. The van der Waals surface area contributed by atoms with Gasteiger partial charge in [-0.05, 0) is 39.5 Å². The number of nitrogens with zero attached hydrogens (tertiary/aromatic N) is 4. The standard InChI is InChI=1S/C16H26N4O3S2/c1-4-11(2)19(14-7-8-25(22,23)10-14)15(21)9-24-16-18-17-12(3)20(16)13-5-6-13/h11,13-14H,4-10H2,1-3H3/t11-,14+/m0/s1. The fourth-order valence-corrected chi connectivity index (χ4v) is 6.03. The van der Waals surface area contributed by atoms with Crippen molar-refractivity contribution in [1.29, 1.82) is 0 Å². The molecule has 3 rings (SSSR count). The van der Waals surface area contributed by atoms with Crippen molar-refractivity contribution in [3.8, 4) is 0 Å². The van der Waals surface area contributed by atoms with Gasteiger partial charge in [0.15, 0.2) is 15.0 Å². The van der Waals surface area contributed by atoms with E-state index in [1.165, 1.54) is 11.8 Å². The van der Waals surface area contributed by atoms with Gasteiger partial charge in [-0.2, -0.15) is 0 Å². The number of aromatic nitrogens is 3. The van der Waals surface area contributed by atoms with Crippen LogP contribution in [0.25, 0.3) is 0 Å². The largest absolute Gasteiger partial charge is 0.335 e. The third kappa shape index (κ3) is 4.19. The quantitative estimate of drug-likeness (QED) is 0.665. The molecule has 0 aromatic carbocycles. The van der Waals surface area contributed by atoms with E-state index in [1.807, 2.05) is 20.8 Å². The van der Waals surface area contributed by atoms with Crippen LogP contribution in [0, 0.1) is 6.92 Å². The molecule has 7 nitrogen and oxygen atoms in total. The SMILES string of the molecule is CC[C@H](C)N(C(=O)CSc1nnc(C)n1C1CC1)[C@@H]1CCS(=O)(=O)C1. The Kier molecular flexibility index (Phi) is 5.43. The molecule has 1 aromatic rings. The summed E-state index contributed by atoms with van der Waals surface area (Å²) < 4.78 is 25.8. The highest BCUT2D eigenvalue weighted by atomic mass is 32.2. The Balaban J connectivity index is 1.68. The van der Waals surface area contributed by atoms with Crippen molar-refractivity contribution in [1.82, 2.24) is 19.7 Å². The molecule has 0 bridgehead atoms. The molecule has 2 aliphatic rings. The Bertz CT molecular complexity index is 743. The van der Waals surface area contributed by atoms with Gasteiger partial charge in [0.2, 0.25) is 5.91 Å². The Hall–Kier alpha value is -1.09. The van der Waals surface area contributed by atoms with Gasteiger partial charge in [0.1, 0.15) is 5.82 Å². The maximum absolute atomic E-state index is 12.9. The molecule has 2 atom stereocenters. The predicted octanol–water partition coefficient (Wildman–Crippen LogP) is 1.83. The van der Waals surface area contributed by atoms with Crippen LogP contribution in [-0.4, -0.2) is 63.3 Å². The second kappa shape index (κ2) is 7.26. The van der Waals surface area contributed by atoms with E-state index in [2.05, 4.69) is 14.8 Å². The van der Waals surface area contributed by atoms with E-state index in [0.29, 0.717) is 12.5 Å². The first-order valence-corrected chi connectivity index (χ1v) is 11.7. The molecule has 1 aromatic heterocycles. The van der Waals surface area contributed by atoms with Crippen LogP contribution in [0.5, 0.6) is 0 Å². The molecule has 0 spiro atoms. The number of sulfone groups is 1. The average Bonchev–Trinajstić information content (AvgIpc) is 3.24. The lowest BCUT2D eigenvalue weighted by molar-refractivity contribution is -0.132. The normalized spacial score (nSPS) is 23.6. The van der Waals surface area contributed by atoms with Crippen molar-refractivity contribution in [2.45, 2.75) is 69.7 Å². The second-order valence-corrected chi connectivity index (χ2v) is 10.2. The highest BCUT2D eigenvalue weighted by Gasteiger charge is 2.36. The number of carbonyl (C=O) groups is 1. The van der Waals surface area contributed by atoms with Gasteiger partial charge in [-0.3, -0.25) is 4.79 Å². The topological polar surface area (TPSA) is 85.2 Å². The molecule has 1 saturated carbocycles. The van der Waals surface area contributed by atoms with E-state index in [9.17, 15) is 13.2 Å². The number of aryl methyl sites for hydroxylation is 1. The number of rotatable bonds is 7. The second-order valence-electron chi connectivity index (χ2n) is 7.03. The van der Waals surface area contributed by atoms with Crippen LogP contribution >= 0.6 is 11.8 Å². The summed E-state index contributed by atoms with van der Waals surface area (Å²) in [6.07, 6.45) is 3.63. The molecule has 1 aliphatic carbocycles. The Morgan fingerprint density at radius 2 is 2.08 bits per heavy atom. The van der Waals surface area contributed by atoms with Crippen LogP contribution in [0.4, 0.5) is 0 Å². The van der Waals surface area contributed by atoms with E-state index in [4.69, 9.17) is 0 Å². The fraction of sp³-hybridized carbons (Fsp3) is 0.812. The number of hydrogen-bond donors (Lipinski definition) is 0. The van der Waals surface area contributed by atoms with Gasteiger partial charge in [-0.15, -0.1) is 10.2 Å². The lowest BCUT2D eigenvalue weighted by Gasteiger charge is -2.33. The lowest BCUT2D eigenvalue weighted by atomic mass is 10.1. The first-order chi connectivity index (χ1) is 11.8. The minimum atomic E-state index is -3.02. The summed E-state index contributed by atoms with van der Waals surface area (Å²) in [5.74, 6) is 1.42. The van der Waals surface area contributed by atoms with Gasteiger partial charge in [0, 0.05) is 18.1 Å². The minimum absolute atomic E-state index is 0.00977. The lowest BCUT2D eigenvalue weighted by Crippen LogP contribution is -2.47. The highest BCUT2D eigenvalue weighted by Crippen LogP contribution is 2.38. The summed E-state index contributed by atoms with van der Waals surface area (Å²) in [5, 5.41) is 9.13. The van der Waals surface area contributed by atoms with Gasteiger partial charge in [-0.1, -0.05) is 18.7 Å². The third-order valence-corrected chi connectivity index (χ3v) is 7.71. The molecule has 2 fully saturated rings. The Morgan fingerprint density at radius 3 is 2.64 bits per heavy atom. The first kappa shape index (κ1) is 18.7. The monoisotopic (exact) mass is 386 g/mol. The van der Waals surface area contributed by atoms with Gasteiger partial charge >= 0.3 is 0 Å². The Morgan fingerprint density at radius 1 is 1.36 bits per heavy atom. The fourth-order valence-electron chi connectivity index (χ4n) is 3.40. The van der Waals surface area contributed by atoms with Crippen LogP contribution in [0.2, 0.25) is 0 Å². The zero-order valence-corrected chi connectivity index (χ0v) is 16.6. The van der Waals surface area contributed by atoms with Crippen molar-refractivity contribution in [3.63, 3.8) is 0 Å². The average molecular weight is 387 g/mol. The van der Waals surface area contributed by atoms with E-state index >= 15 is 0 Å². The predicted molar refractivity (Wildman–Crippen MR) is 97.4 cm³/mol. The van der Waals surface area contributed by atoms with Crippen molar-refractivity contribution in [2.75, 3.05) is 17.3 Å². The molecule has 0 radical (unpaired) electrons. The van der Waals surface area contributed by atoms with Gasteiger partial charge in [0.25, 0.3) is 0 Å². The number of carbonyl (C=O) groups excluding carboxylic acids is 1. The van der Waals surface area contributed by atoms with Gasteiger partial charge < -0.3 is 9.47 Å². The van der Waals surface area contributed by atoms with Crippen molar-refractivity contribution in [3.05, 3.63) is 5.82 Å². The number of thioether (sulfide) groups is 1.